The van der Waals surface area contributed by atoms with E-state index in [1.165, 1.54) is 32.1 Å². The molecule has 2 N–H and O–H groups in total. The quantitative estimate of drug-likeness (QED) is 0.887. The fraction of sp³-hybridized carbons (Fsp3) is 0.632. The molecule has 5 heteroatoms. The van der Waals surface area contributed by atoms with Gasteiger partial charge in [-0.2, -0.15) is 0 Å². The van der Waals surface area contributed by atoms with E-state index in [2.05, 4.69) is 0 Å². The summed E-state index contributed by atoms with van der Waals surface area (Å²) >= 11 is 0. The Balaban J connectivity index is 1.88. The lowest BCUT2D eigenvalue weighted by Gasteiger charge is -2.25. The fourth-order valence-electron chi connectivity index (χ4n) is 4.37. The Bertz CT molecular complexity index is 717. The number of primary amides is 1. The van der Waals surface area contributed by atoms with Crippen LogP contribution in [0.15, 0.2) is 29.2 Å². The van der Waals surface area contributed by atoms with E-state index in [1.807, 2.05) is 0 Å². The van der Waals surface area contributed by atoms with Gasteiger partial charge in [-0.15, -0.1) is 0 Å². The van der Waals surface area contributed by atoms with Gasteiger partial charge in [0.05, 0.1) is 15.6 Å². The second-order valence-electron chi connectivity index (χ2n) is 7.66. The summed E-state index contributed by atoms with van der Waals surface area (Å²) in [5, 5.41) is -0.454. The number of hydrogen-bond donors (Lipinski definition) is 1. The summed E-state index contributed by atoms with van der Waals surface area (Å²) in [6.07, 6.45) is 6.93. The van der Waals surface area contributed by atoms with Crippen LogP contribution >= 0.6 is 0 Å². The van der Waals surface area contributed by atoms with E-state index in [-0.39, 0.29) is 5.91 Å². The number of rotatable bonds is 5. The highest BCUT2D eigenvalue weighted by molar-refractivity contribution is 7.92. The van der Waals surface area contributed by atoms with Crippen molar-refractivity contribution in [3.05, 3.63) is 29.8 Å². The third-order valence-corrected chi connectivity index (χ3v) is 8.16. The smallest absolute Gasteiger partial charge is 0.228 e. The molecule has 3 rings (SSSR count). The first-order valence-corrected chi connectivity index (χ1v) is 10.5. The minimum atomic E-state index is -3.29. The van der Waals surface area contributed by atoms with E-state index in [4.69, 9.17) is 5.73 Å². The third kappa shape index (κ3) is 2.77. The highest BCUT2D eigenvalue weighted by Gasteiger charge is 2.62. The molecule has 1 amide bonds. The maximum Gasteiger partial charge on any atom is 0.228 e. The lowest BCUT2D eigenvalue weighted by molar-refractivity contribution is -0.121. The SMILES string of the molecule is CC(C)S(=O)(=O)c1ccc([C@@]2(C(N)=O)C[C@H]2C2CCCCC2)cc1. The van der Waals surface area contributed by atoms with Crippen LogP contribution in [0.2, 0.25) is 0 Å². The van der Waals surface area contributed by atoms with Crippen LogP contribution in [0.3, 0.4) is 0 Å². The van der Waals surface area contributed by atoms with Crippen LogP contribution in [-0.4, -0.2) is 19.6 Å². The summed E-state index contributed by atoms with van der Waals surface area (Å²) in [4.78, 5) is 12.5. The molecule has 0 unspecified atom stereocenters. The molecule has 0 aromatic heterocycles. The molecule has 2 aliphatic rings. The van der Waals surface area contributed by atoms with Crippen molar-refractivity contribution in [2.75, 3.05) is 0 Å². The van der Waals surface area contributed by atoms with Gasteiger partial charge in [-0.25, -0.2) is 8.42 Å². The molecule has 0 heterocycles. The number of benzene rings is 1. The van der Waals surface area contributed by atoms with Crippen molar-refractivity contribution in [2.24, 2.45) is 17.6 Å². The van der Waals surface area contributed by atoms with Gasteiger partial charge in [0.2, 0.25) is 5.91 Å². The Morgan fingerprint density at radius 3 is 2.21 bits per heavy atom. The maximum absolute atomic E-state index is 12.3. The normalized spacial score (nSPS) is 28.0. The van der Waals surface area contributed by atoms with Gasteiger partial charge in [0, 0.05) is 0 Å². The van der Waals surface area contributed by atoms with Gasteiger partial charge in [0.1, 0.15) is 0 Å². The number of hydrogen-bond acceptors (Lipinski definition) is 3. The number of sulfone groups is 1. The summed E-state index contributed by atoms with van der Waals surface area (Å²) < 4.78 is 24.5. The zero-order chi connectivity index (χ0) is 17.5. The third-order valence-electron chi connectivity index (χ3n) is 5.99. The number of amides is 1. The molecule has 0 saturated heterocycles. The predicted molar refractivity (Wildman–Crippen MR) is 94.3 cm³/mol. The minimum absolute atomic E-state index is 0.266. The maximum atomic E-state index is 12.3. The van der Waals surface area contributed by atoms with Crippen molar-refractivity contribution in [3.8, 4) is 0 Å². The number of carbonyl (C=O) groups excluding carboxylic acids is 1. The Morgan fingerprint density at radius 1 is 1.12 bits per heavy atom. The molecule has 0 bridgehead atoms. The van der Waals surface area contributed by atoms with Crippen LogP contribution in [0.5, 0.6) is 0 Å². The van der Waals surface area contributed by atoms with Crippen LogP contribution in [0.4, 0.5) is 0 Å². The topological polar surface area (TPSA) is 77.2 Å². The van der Waals surface area contributed by atoms with Gasteiger partial charge in [0.25, 0.3) is 0 Å². The van der Waals surface area contributed by atoms with E-state index in [0.717, 1.165) is 12.0 Å². The monoisotopic (exact) mass is 349 g/mol. The Hall–Kier alpha value is -1.36. The highest BCUT2D eigenvalue weighted by Crippen LogP contribution is 2.60. The second-order valence-corrected chi connectivity index (χ2v) is 10.2. The lowest BCUT2D eigenvalue weighted by atomic mass is 9.80. The first-order valence-electron chi connectivity index (χ1n) is 8.94. The zero-order valence-corrected chi connectivity index (χ0v) is 15.3. The van der Waals surface area contributed by atoms with Crippen LogP contribution in [0.1, 0.15) is 57.9 Å². The van der Waals surface area contributed by atoms with Crippen molar-refractivity contribution in [2.45, 2.75) is 67.9 Å². The molecule has 1 aromatic carbocycles. The first-order chi connectivity index (χ1) is 11.3. The number of nitrogens with two attached hydrogens (primary N) is 1. The van der Waals surface area contributed by atoms with Gasteiger partial charge in [-0.3, -0.25) is 4.79 Å². The van der Waals surface area contributed by atoms with Crippen LogP contribution in [0, 0.1) is 11.8 Å². The molecule has 0 spiro atoms. The van der Waals surface area contributed by atoms with E-state index in [1.54, 1.807) is 38.1 Å². The molecule has 0 radical (unpaired) electrons. The Kier molecular flexibility index (Phi) is 4.49. The summed E-state index contributed by atoms with van der Waals surface area (Å²) in [6, 6.07) is 6.85. The van der Waals surface area contributed by atoms with Gasteiger partial charge in [-0.05, 0) is 49.8 Å². The molecule has 132 valence electrons. The average Bonchev–Trinajstić information content (AvgIpc) is 3.33. The molecule has 2 atom stereocenters. The first kappa shape index (κ1) is 17.5. The number of carbonyl (C=O) groups is 1. The van der Waals surface area contributed by atoms with Crippen molar-refractivity contribution >= 4 is 15.7 Å². The summed E-state index contributed by atoms with van der Waals surface area (Å²) in [7, 11) is -3.29. The van der Waals surface area contributed by atoms with E-state index < -0.39 is 20.5 Å². The van der Waals surface area contributed by atoms with Crippen molar-refractivity contribution in [1.82, 2.24) is 0 Å². The molecular formula is C19H27NO3S. The van der Waals surface area contributed by atoms with Crippen molar-refractivity contribution in [3.63, 3.8) is 0 Å². The van der Waals surface area contributed by atoms with Gasteiger partial charge < -0.3 is 5.73 Å². The fourth-order valence-corrected chi connectivity index (χ4v) is 5.42. The Labute approximate surface area is 144 Å². The molecule has 1 aromatic rings. The van der Waals surface area contributed by atoms with Crippen LogP contribution < -0.4 is 5.73 Å². The highest BCUT2D eigenvalue weighted by atomic mass is 32.2. The van der Waals surface area contributed by atoms with Gasteiger partial charge in [-0.1, -0.05) is 44.2 Å². The second kappa shape index (κ2) is 6.17. The summed E-state index contributed by atoms with van der Waals surface area (Å²) in [5.41, 5.74) is 6.08. The summed E-state index contributed by atoms with van der Waals surface area (Å²) in [5.74, 6) is 0.630. The minimum Gasteiger partial charge on any atom is -0.369 e. The molecule has 4 nitrogen and oxygen atoms in total. The van der Waals surface area contributed by atoms with Crippen molar-refractivity contribution in [1.29, 1.82) is 0 Å². The zero-order valence-electron chi connectivity index (χ0n) is 14.5. The lowest BCUT2D eigenvalue weighted by Crippen LogP contribution is -2.32. The van der Waals surface area contributed by atoms with Crippen molar-refractivity contribution < 1.29 is 13.2 Å². The Morgan fingerprint density at radius 2 is 1.71 bits per heavy atom. The van der Waals surface area contributed by atoms with Crippen LogP contribution in [0.25, 0.3) is 0 Å². The molecule has 2 fully saturated rings. The molecule has 2 aliphatic carbocycles. The molecule has 0 aliphatic heterocycles. The standard InChI is InChI=1S/C19H27NO3S/c1-13(2)24(22,23)16-10-8-15(9-11-16)19(18(20)21)12-17(19)14-6-4-3-5-7-14/h8-11,13-14,17H,3-7,12H2,1-2H3,(H2,20,21)/t17-,19-/m0/s1. The predicted octanol–water partition coefficient (Wildman–Crippen LogP) is 3.19. The van der Waals surface area contributed by atoms with Gasteiger partial charge in [0.15, 0.2) is 9.84 Å². The van der Waals surface area contributed by atoms with Gasteiger partial charge >= 0.3 is 0 Å². The average molecular weight is 349 g/mol. The van der Waals surface area contributed by atoms with E-state index in [9.17, 15) is 13.2 Å². The molecule has 24 heavy (non-hydrogen) atoms. The van der Waals surface area contributed by atoms with Crippen LogP contribution in [-0.2, 0) is 20.0 Å². The largest absolute Gasteiger partial charge is 0.369 e. The summed E-state index contributed by atoms with van der Waals surface area (Å²) in [6.45, 7) is 3.35. The van der Waals surface area contributed by atoms with E-state index >= 15 is 0 Å². The molecular weight excluding hydrogens is 322 g/mol. The van der Waals surface area contributed by atoms with E-state index in [0.29, 0.717) is 16.7 Å². The molecule has 2 saturated carbocycles.